The Morgan fingerprint density at radius 3 is 2.47 bits per heavy atom. The Labute approximate surface area is 198 Å². The van der Waals surface area contributed by atoms with Gasteiger partial charge in [0.05, 0.1) is 0 Å². The van der Waals surface area contributed by atoms with Crippen LogP contribution in [-0.4, -0.2) is 41.5 Å². The van der Waals surface area contributed by atoms with E-state index < -0.39 is 5.60 Å². The minimum absolute atomic E-state index is 0.0147. The second-order valence-corrected chi connectivity index (χ2v) is 9.84. The third-order valence-corrected chi connectivity index (χ3v) is 7.80. The third-order valence-electron chi connectivity index (χ3n) is 7.80. The van der Waals surface area contributed by atoms with Crippen molar-refractivity contribution in [3.05, 3.63) is 83.7 Å². The van der Waals surface area contributed by atoms with Gasteiger partial charge in [0.1, 0.15) is 5.82 Å². The second kappa shape index (κ2) is 8.51. The molecule has 2 heterocycles. The fraction of sp³-hybridized carbons (Fsp3) is 0.357. The third kappa shape index (κ3) is 3.86. The van der Waals surface area contributed by atoms with Gasteiger partial charge in [-0.25, -0.2) is 4.39 Å². The van der Waals surface area contributed by atoms with E-state index >= 15 is 0 Å². The number of likely N-dealkylation sites (tertiary alicyclic amines) is 1. The molecule has 0 aromatic heterocycles. The van der Waals surface area contributed by atoms with E-state index in [9.17, 15) is 19.1 Å². The van der Waals surface area contributed by atoms with E-state index in [4.69, 9.17) is 0 Å². The van der Waals surface area contributed by atoms with Gasteiger partial charge in [-0.3, -0.25) is 9.59 Å². The molecule has 0 bridgehead atoms. The van der Waals surface area contributed by atoms with Crippen LogP contribution in [0.1, 0.15) is 43.2 Å². The van der Waals surface area contributed by atoms with Gasteiger partial charge in [0.2, 0.25) is 5.91 Å². The Kier molecular flexibility index (Phi) is 5.64. The summed E-state index contributed by atoms with van der Waals surface area (Å²) in [5.74, 6) is -0.534. The maximum atomic E-state index is 13.5. The molecule has 2 saturated heterocycles. The van der Waals surface area contributed by atoms with Crippen LogP contribution in [0.25, 0.3) is 10.8 Å². The Morgan fingerprint density at radius 2 is 1.74 bits per heavy atom. The van der Waals surface area contributed by atoms with Crippen molar-refractivity contribution >= 4 is 22.6 Å². The van der Waals surface area contributed by atoms with Crippen molar-refractivity contribution < 1.29 is 19.1 Å². The maximum absolute atomic E-state index is 13.5. The number of amides is 2. The standard InChI is InChI=1S/C28H29FN2O3/c1-27(34,23-8-4-6-19-5-2-3-7-22(19)23)26(33)31-15-13-28(14-16-31)17-25(32)30-18-24(28)20-9-11-21(29)12-10-20/h2-12,24,34H,13-18H2,1H3,(H,30,32)/t24-,27+/m0/s1. The van der Waals surface area contributed by atoms with Crippen LogP contribution in [-0.2, 0) is 15.2 Å². The molecule has 5 nitrogen and oxygen atoms in total. The predicted molar refractivity (Wildman–Crippen MR) is 129 cm³/mol. The topological polar surface area (TPSA) is 69.6 Å². The van der Waals surface area contributed by atoms with E-state index in [0.29, 0.717) is 44.5 Å². The van der Waals surface area contributed by atoms with Gasteiger partial charge in [-0.2, -0.15) is 0 Å². The van der Waals surface area contributed by atoms with Crippen molar-refractivity contribution in [3.63, 3.8) is 0 Å². The lowest BCUT2D eigenvalue weighted by atomic mass is 9.62. The van der Waals surface area contributed by atoms with Gasteiger partial charge in [0.25, 0.3) is 5.91 Å². The number of nitrogens with zero attached hydrogens (tertiary/aromatic N) is 1. The first kappa shape index (κ1) is 22.5. The van der Waals surface area contributed by atoms with Gasteiger partial charge in [-0.15, -0.1) is 0 Å². The van der Waals surface area contributed by atoms with Crippen molar-refractivity contribution in [2.45, 2.75) is 37.7 Å². The number of aliphatic hydroxyl groups is 1. The molecule has 34 heavy (non-hydrogen) atoms. The summed E-state index contributed by atoms with van der Waals surface area (Å²) in [6, 6.07) is 19.9. The van der Waals surface area contributed by atoms with Crippen LogP contribution in [0, 0.1) is 11.2 Å². The molecule has 2 amide bonds. The van der Waals surface area contributed by atoms with Crippen LogP contribution in [0.4, 0.5) is 4.39 Å². The molecule has 0 radical (unpaired) electrons. The summed E-state index contributed by atoms with van der Waals surface area (Å²) >= 11 is 0. The lowest BCUT2D eigenvalue weighted by Gasteiger charge is -2.49. The highest BCUT2D eigenvalue weighted by Crippen LogP contribution is 2.49. The van der Waals surface area contributed by atoms with Crippen molar-refractivity contribution in [1.29, 1.82) is 0 Å². The zero-order valence-electron chi connectivity index (χ0n) is 19.3. The zero-order valence-corrected chi connectivity index (χ0v) is 19.3. The number of carbonyl (C=O) groups excluding carboxylic acids is 2. The van der Waals surface area contributed by atoms with E-state index in [0.717, 1.165) is 16.3 Å². The van der Waals surface area contributed by atoms with Crippen LogP contribution in [0.5, 0.6) is 0 Å². The molecule has 1 spiro atoms. The minimum atomic E-state index is -1.66. The number of piperidine rings is 2. The monoisotopic (exact) mass is 460 g/mol. The average Bonchev–Trinajstić information content (AvgIpc) is 2.84. The molecule has 5 rings (SSSR count). The number of hydrogen-bond acceptors (Lipinski definition) is 3. The van der Waals surface area contributed by atoms with Gasteiger partial charge in [0, 0.05) is 37.5 Å². The fourth-order valence-electron chi connectivity index (χ4n) is 5.86. The molecular weight excluding hydrogens is 431 g/mol. The summed E-state index contributed by atoms with van der Waals surface area (Å²) in [6.07, 6.45) is 1.69. The number of fused-ring (bicyclic) bond motifs is 1. The summed E-state index contributed by atoms with van der Waals surface area (Å²) in [5, 5.41) is 16.2. The molecule has 3 aromatic carbocycles. The molecule has 2 atom stereocenters. The molecule has 2 aliphatic rings. The Hall–Kier alpha value is -3.25. The number of rotatable bonds is 3. The summed E-state index contributed by atoms with van der Waals surface area (Å²) < 4.78 is 13.5. The number of benzene rings is 3. The molecule has 2 N–H and O–H groups in total. The SMILES string of the molecule is C[C@](O)(C(=O)N1CCC2(CC1)CC(=O)NC[C@H]2c1ccc(F)cc1)c1cccc2ccccc12. The lowest BCUT2D eigenvalue weighted by Crippen LogP contribution is -2.55. The predicted octanol–water partition coefficient (Wildman–Crippen LogP) is 4.10. The molecule has 2 fully saturated rings. The molecule has 6 heteroatoms. The lowest BCUT2D eigenvalue weighted by molar-refractivity contribution is -0.153. The van der Waals surface area contributed by atoms with Crippen LogP contribution in [0.2, 0.25) is 0 Å². The van der Waals surface area contributed by atoms with E-state index in [-0.39, 0.29) is 29.0 Å². The average molecular weight is 461 g/mol. The van der Waals surface area contributed by atoms with E-state index in [1.807, 2.05) is 42.5 Å². The van der Waals surface area contributed by atoms with E-state index in [2.05, 4.69) is 5.32 Å². The van der Waals surface area contributed by atoms with E-state index in [1.54, 1.807) is 24.0 Å². The minimum Gasteiger partial charge on any atom is -0.375 e. The second-order valence-electron chi connectivity index (χ2n) is 9.84. The van der Waals surface area contributed by atoms with Crippen LogP contribution < -0.4 is 5.32 Å². The fourth-order valence-corrected chi connectivity index (χ4v) is 5.86. The van der Waals surface area contributed by atoms with Gasteiger partial charge in [0.15, 0.2) is 5.60 Å². The van der Waals surface area contributed by atoms with Crippen LogP contribution in [0.3, 0.4) is 0 Å². The first-order valence-electron chi connectivity index (χ1n) is 11.8. The zero-order chi connectivity index (χ0) is 23.9. The number of hydrogen-bond donors (Lipinski definition) is 2. The number of nitrogens with one attached hydrogen (secondary N) is 1. The van der Waals surface area contributed by atoms with Crippen LogP contribution in [0.15, 0.2) is 66.7 Å². The van der Waals surface area contributed by atoms with Crippen molar-refractivity contribution in [3.8, 4) is 0 Å². The molecule has 176 valence electrons. The smallest absolute Gasteiger partial charge is 0.258 e. The van der Waals surface area contributed by atoms with Gasteiger partial charge in [-0.1, -0.05) is 54.6 Å². The van der Waals surface area contributed by atoms with E-state index in [1.165, 1.54) is 12.1 Å². The molecule has 0 unspecified atom stereocenters. The van der Waals surface area contributed by atoms with Crippen molar-refractivity contribution in [2.75, 3.05) is 19.6 Å². The number of carbonyl (C=O) groups is 2. The number of halogens is 1. The maximum Gasteiger partial charge on any atom is 0.258 e. The first-order valence-corrected chi connectivity index (χ1v) is 11.8. The normalized spacial score (nSPS) is 21.8. The highest BCUT2D eigenvalue weighted by molar-refractivity contribution is 5.94. The summed E-state index contributed by atoms with van der Waals surface area (Å²) in [7, 11) is 0. The van der Waals surface area contributed by atoms with Crippen LogP contribution >= 0.6 is 0 Å². The largest absolute Gasteiger partial charge is 0.375 e. The van der Waals surface area contributed by atoms with Gasteiger partial charge >= 0.3 is 0 Å². The van der Waals surface area contributed by atoms with Crippen molar-refractivity contribution in [1.82, 2.24) is 10.2 Å². The van der Waals surface area contributed by atoms with Crippen molar-refractivity contribution in [2.24, 2.45) is 5.41 Å². The Balaban J connectivity index is 1.38. The first-order chi connectivity index (χ1) is 16.3. The van der Waals surface area contributed by atoms with Gasteiger partial charge < -0.3 is 15.3 Å². The molecule has 3 aromatic rings. The molecule has 2 aliphatic heterocycles. The highest BCUT2D eigenvalue weighted by Gasteiger charge is 2.48. The quantitative estimate of drug-likeness (QED) is 0.618. The summed E-state index contributed by atoms with van der Waals surface area (Å²) in [6.45, 7) is 3.00. The molecular formula is C28H29FN2O3. The Morgan fingerprint density at radius 1 is 1.06 bits per heavy atom. The summed E-state index contributed by atoms with van der Waals surface area (Å²) in [4.78, 5) is 27.6. The summed E-state index contributed by atoms with van der Waals surface area (Å²) in [5.41, 5.74) is -0.352. The highest BCUT2D eigenvalue weighted by atomic mass is 19.1. The Bertz CT molecular complexity index is 1220. The van der Waals surface area contributed by atoms with Gasteiger partial charge in [-0.05, 0) is 53.6 Å². The molecule has 0 aliphatic carbocycles. The molecule has 0 saturated carbocycles.